The van der Waals surface area contributed by atoms with E-state index in [1.165, 1.54) is 0 Å². The lowest BCUT2D eigenvalue weighted by atomic mass is 9.98. The third kappa shape index (κ3) is 4.68. The second kappa shape index (κ2) is 7.68. The summed E-state index contributed by atoms with van der Waals surface area (Å²) in [7, 11) is -3.52. The van der Waals surface area contributed by atoms with Gasteiger partial charge >= 0.3 is 5.97 Å². The number of fused-ring (bicyclic) bond motifs is 1. The van der Waals surface area contributed by atoms with Gasteiger partial charge in [-0.15, -0.1) is 0 Å². The molecule has 4 atom stereocenters. The number of allylic oxidation sites excluding steroid dienone is 2. The highest BCUT2D eigenvalue weighted by molar-refractivity contribution is 7.89. The number of rotatable bonds is 9. The second-order valence-electron chi connectivity index (χ2n) is 6.57. The van der Waals surface area contributed by atoms with Crippen LogP contribution < -0.4 is 4.72 Å². The van der Waals surface area contributed by atoms with Gasteiger partial charge in [-0.1, -0.05) is 30.4 Å². The average Bonchev–Trinajstić information content (AvgIpc) is 3.25. The lowest BCUT2D eigenvalue weighted by molar-refractivity contribution is -0.137. The third-order valence-electron chi connectivity index (χ3n) is 4.74. The molecule has 0 spiro atoms. The van der Waals surface area contributed by atoms with Crippen molar-refractivity contribution < 1.29 is 23.1 Å². The number of nitrogens with one attached hydrogen (secondary N) is 1. The summed E-state index contributed by atoms with van der Waals surface area (Å²) in [6.07, 6.45) is 7.21. The molecule has 1 heterocycles. The first-order valence-electron chi connectivity index (χ1n) is 8.57. The summed E-state index contributed by atoms with van der Waals surface area (Å²) in [5, 5.41) is 8.61. The molecule has 1 saturated heterocycles. The van der Waals surface area contributed by atoms with Crippen LogP contribution in [0.1, 0.15) is 32.1 Å². The summed E-state index contributed by atoms with van der Waals surface area (Å²) in [5.41, 5.74) is 0. The molecule has 0 aromatic heterocycles. The van der Waals surface area contributed by atoms with Crippen LogP contribution in [0.3, 0.4) is 0 Å². The van der Waals surface area contributed by atoms with Crippen molar-refractivity contribution in [3.8, 4) is 0 Å². The number of ether oxygens (including phenoxy) is 1. The van der Waals surface area contributed by atoms with Crippen LogP contribution in [0.4, 0.5) is 0 Å². The molecule has 0 unspecified atom stereocenters. The monoisotopic (exact) mass is 365 g/mol. The van der Waals surface area contributed by atoms with Gasteiger partial charge in [0.2, 0.25) is 10.0 Å². The van der Waals surface area contributed by atoms with E-state index in [9.17, 15) is 13.2 Å². The van der Waals surface area contributed by atoms with Crippen molar-refractivity contribution in [2.75, 3.05) is 0 Å². The summed E-state index contributed by atoms with van der Waals surface area (Å²) in [5.74, 6) is -0.659. The lowest BCUT2D eigenvalue weighted by Gasteiger charge is -2.22. The molecule has 1 saturated carbocycles. The van der Waals surface area contributed by atoms with Crippen LogP contribution in [-0.4, -0.2) is 37.7 Å². The summed E-state index contributed by atoms with van der Waals surface area (Å²) in [6.45, 7) is 0. The van der Waals surface area contributed by atoms with Gasteiger partial charge in [0.15, 0.2) is 0 Å². The van der Waals surface area contributed by atoms with E-state index in [-0.39, 0.29) is 35.5 Å². The van der Waals surface area contributed by atoms with Crippen LogP contribution in [0.25, 0.3) is 0 Å². The molecule has 0 radical (unpaired) electrons. The molecule has 25 heavy (non-hydrogen) atoms. The van der Waals surface area contributed by atoms with Crippen LogP contribution in [0.15, 0.2) is 47.4 Å². The molecule has 0 bridgehead atoms. The number of carboxylic acids is 1. The van der Waals surface area contributed by atoms with E-state index in [2.05, 4.69) is 4.72 Å². The standard InChI is InChI=1S/C18H23NO5S/c20-17(21)11-7-2-1-6-10-14-15(12-16-18(14)24-16)19-25(22,23)13-8-4-3-5-9-13/h1,3-6,8-9,14-16,18-19H,2,7,10-12H2,(H,20,21)/t14-,15+,16+,18-/m1/s1. The highest BCUT2D eigenvalue weighted by atomic mass is 32.2. The molecular formula is C18H23NO5S. The third-order valence-corrected chi connectivity index (χ3v) is 6.25. The molecule has 1 aliphatic heterocycles. The molecule has 0 amide bonds. The normalized spacial score (nSPS) is 28.2. The first kappa shape index (κ1) is 18.1. The van der Waals surface area contributed by atoms with Crippen LogP contribution in [0, 0.1) is 5.92 Å². The number of sulfonamides is 1. The zero-order valence-electron chi connectivity index (χ0n) is 13.9. The van der Waals surface area contributed by atoms with Gasteiger partial charge in [0.1, 0.15) is 0 Å². The smallest absolute Gasteiger partial charge is 0.303 e. The Morgan fingerprint density at radius 1 is 1.28 bits per heavy atom. The van der Waals surface area contributed by atoms with Crippen molar-refractivity contribution in [1.29, 1.82) is 0 Å². The topological polar surface area (TPSA) is 96.0 Å². The molecule has 1 aromatic carbocycles. The number of hydrogen-bond donors (Lipinski definition) is 2. The predicted octanol–water partition coefficient (Wildman–Crippen LogP) is 2.32. The van der Waals surface area contributed by atoms with Crippen molar-refractivity contribution in [3.05, 3.63) is 42.5 Å². The molecule has 2 aliphatic rings. The number of benzene rings is 1. The summed E-state index contributed by atoms with van der Waals surface area (Å²) < 4.78 is 33.4. The number of carbonyl (C=O) groups is 1. The van der Waals surface area contributed by atoms with Crippen molar-refractivity contribution in [1.82, 2.24) is 4.72 Å². The van der Waals surface area contributed by atoms with E-state index in [0.717, 1.165) is 6.42 Å². The first-order valence-corrected chi connectivity index (χ1v) is 10.1. The van der Waals surface area contributed by atoms with Crippen molar-refractivity contribution in [2.45, 2.75) is 55.2 Å². The zero-order chi connectivity index (χ0) is 17.9. The van der Waals surface area contributed by atoms with Gasteiger partial charge in [-0.05, 0) is 37.8 Å². The van der Waals surface area contributed by atoms with E-state index >= 15 is 0 Å². The predicted molar refractivity (Wildman–Crippen MR) is 92.6 cm³/mol. The molecular weight excluding hydrogens is 342 g/mol. The quantitative estimate of drug-likeness (QED) is 0.398. The molecule has 2 fully saturated rings. The van der Waals surface area contributed by atoms with Gasteiger partial charge in [0.05, 0.1) is 17.1 Å². The summed E-state index contributed by atoms with van der Waals surface area (Å²) in [4.78, 5) is 10.8. The van der Waals surface area contributed by atoms with E-state index in [1.807, 2.05) is 12.2 Å². The van der Waals surface area contributed by atoms with E-state index in [4.69, 9.17) is 9.84 Å². The molecule has 1 aliphatic carbocycles. The van der Waals surface area contributed by atoms with Crippen LogP contribution in [0.2, 0.25) is 0 Å². The molecule has 7 heteroatoms. The van der Waals surface area contributed by atoms with Gasteiger partial charge < -0.3 is 9.84 Å². The molecule has 6 nitrogen and oxygen atoms in total. The van der Waals surface area contributed by atoms with E-state index in [0.29, 0.717) is 19.3 Å². The highest BCUT2D eigenvalue weighted by Gasteiger charge is 2.55. The van der Waals surface area contributed by atoms with Crippen LogP contribution >= 0.6 is 0 Å². The van der Waals surface area contributed by atoms with Gasteiger partial charge in [-0.2, -0.15) is 0 Å². The number of aliphatic carboxylic acids is 1. The van der Waals surface area contributed by atoms with Crippen LogP contribution in [0.5, 0.6) is 0 Å². The maximum Gasteiger partial charge on any atom is 0.303 e. The van der Waals surface area contributed by atoms with Gasteiger partial charge in [0.25, 0.3) is 0 Å². The van der Waals surface area contributed by atoms with Crippen LogP contribution in [-0.2, 0) is 19.6 Å². The Labute approximate surface area is 147 Å². The number of unbranched alkanes of at least 4 members (excludes halogenated alkanes) is 1. The number of hydrogen-bond acceptors (Lipinski definition) is 4. The Balaban J connectivity index is 1.55. The van der Waals surface area contributed by atoms with Gasteiger partial charge in [0, 0.05) is 18.4 Å². The SMILES string of the molecule is O=C(O)CCCC=CC[C@H]1[C@H]2O[C@H]2C[C@@H]1NS(=O)(=O)c1ccccc1. The molecule has 2 N–H and O–H groups in total. The second-order valence-corrected chi connectivity index (χ2v) is 8.29. The maximum absolute atomic E-state index is 12.5. The highest BCUT2D eigenvalue weighted by Crippen LogP contribution is 2.45. The average molecular weight is 365 g/mol. The molecule has 136 valence electrons. The van der Waals surface area contributed by atoms with Crippen molar-refractivity contribution in [3.63, 3.8) is 0 Å². The minimum Gasteiger partial charge on any atom is -0.481 e. The molecule has 3 rings (SSSR count). The fourth-order valence-electron chi connectivity index (χ4n) is 3.42. The first-order chi connectivity index (χ1) is 12.0. The zero-order valence-corrected chi connectivity index (χ0v) is 14.7. The Morgan fingerprint density at radius 2 is 2.04 bits per heavy atom. The number of epoxide rings is 1. The lowest BCUT2D eigenvalue weighted by Crippen LogP contribution is -2.39. The fraction of sp³-hybridized carbons (Fsp3) is 0.500. The minimum absolute atomic E-state index is 0.124. The Morgan fingerprint density at radius 3 is 2.76 bits per heavy atom. The van der Waals surface area contributed by atoms with Gasteiger partial charge in [-0.3, -0.25) is 4.79 Å². The van der Waals surface area contributed by atoms with Crippen molar-refractivity contribution in [2.24, 2.45) is 5.92 Å². The summed E-state index contributed by atoms with van der Waals surface area (Å²) in [6, 6.07) is 8.26. The van der Waals surface area contributed by atoms with Crippen molar-refractivity contribution >= 4 is 16.0 Å². The number of carboxylic acid groups (broad SMARTS) is 1. The largest absolute Gasteiger partial charge is 0.481 e. The Hall–Kier alpha value is -1.70. The summed E-state index contributed by atoms with van der Waals surface area (Å²) >= 11 is 0. The van der Waals surface area contributed by atoms with E-state index in [1.54, 1.807) is 30.3 Å². The minimum atomic E-state index is -3.52. The molecule has 1 aromatic rings. The fourth-order valence-corrected chi connectivity index (χ4v) is 4.74. The van der Waals surface area contributed by atoms with Gasteiger partial charge in [-0.25, -0.2) is 13.1 Å². The van der Waals surface area contributed by atoms with E-state index < -0.39 is 16.0 Å². The Kier molecular flexibility index (Phi) is 5.56. The maximum atomic E-state index is 12.5. The Bertz CT molecular complexity index is 731.